The van der Waals surface area contributed by atoms with E-state index in [0.717, 1.165) is 5.69 Å². The van der Waals surface area contributed by atoms with E-state index in [9.17, 15) is 4.79 Å². The first-order chi connectivity index (χ1) is 9.66. The van der Waals surface area contributed by atoms with Crippen molar-refractivity contribution >= 4 is 23.3 Å². The van der Waals surface area contributed by atoms with Crippen molar-refractivity contribution in [1.29, 1.82) is 0 Å². The summed E-state index contributed by atoms with van der Waals surface area (Å²) in [6.45, 7) is 0.933. The maximum Gasteiger partial charge on any atom is 0.339 e. The average Bonchev–Trinajstić information content (AvgIpc) is 2.46. The summed E-state index contributed by atoms with van der Waals surface area (Å²) in [5.41, 5.74) is 1.10. The van der Waals surface area contributed by atoms with Crippen LogP contribution in [0.15, 0.2) is 48.5 Å². The lowest BCUT2D eigenvalue weighted by atomic mass is 10.2. The van der Waals surface area contributed by atoms with Gasteiger partial charge in [0.15, 0.2) is 0 Å². The Labute approximate surface area is 122 Å². The van der Waals surface area contributed by atoms with Gasteiger partial charge in [-0.25, -0.2) is 4.79 Å². The van der Waals surface area contributed by atoms with Gasteiger partial charge in [0, 0.05) is 17.3 Å². The van der Waals surface area contributed by atoms with E-state index in [2.05, 4.69) is 5.32 Å². The van der Waals surface area contributed by atoms with E-state index in [1.54, 1.807) is 30.3 Å². The minimum absolute atomic E-state index is 0.166. The fourth-order valence-corrected chi connectivity index (χ4v) is 1.82. The minimum Gasteiger partial charge on any atom is -0.491 e. The van der Waals surface area contributed by atoms with E-state index in [4.69, 9.17) is 21.4 Å². The zero-order chi connectivity index (χ0) is 14.4. The zero-order valence-corrected chi connectivity index (χ0v) is 11.4. The lowest BCUT2D eigenvalue weighted by Gasteiger charge is -2.10. The van der Waals surface area contributed by atoms with Crippen LogP contribution in [-0.4, -0.2) is 24.2 Å². The third kappa shape index (κ3) is 3.90. The fraction of sp³-hybridized carbons (Fsp3) is 0.133. The van der Waals surface area contributed by atoms with E-state index in [1.807, 2.05) is 12.1 Å². The molecule has 0 spiro atoms. The predicted octanol–water partition coefficient (Wildman–Crippen LogP) is 3.53. The molecule has 104 valence electrons. The number of halogens is 1. The summed E-state index contributed by atoms with van der Waals surface area (Å²) in [7, 11) is 0. The van der Waals surface area contributed by atoms with Crippen molar-refractivity contribution < 1.29 is 14.6 Å². The summed E-state index contributed by atoms with van der Waals surface area (Å²) in [6.07, 6.45) is 0. The van der Waals surface area contributed by atoms with Gasteiger partial charge < -0.3 is 15.2 Å². The van der Waals surface area contributed by atoms with Crippen molar-refractivity contribution in [2.24, 2.45) is 0 Å². The number of hydrogen-bond acceptors (Lipinski definition) is 3. The van der Waals surface area contributed by atoms with E-state index >= 15 is 0 Å². The van der Waals surface area contributed by atoms with Gasteiger partial charge in [0.05, 0.1) is 0 Å². The van der Waals surface area contributed by atoms with Crippen LogP contribution in [0.2, 0.25) is 5.02 Å². The fourth-order valence-electron chi connectivity index (χ4n) is 1.69. The highest BCUT2D eigenvalue weighted by Gasteiger charge is 2.09. The number of ether oxygens (including phenoxy) is 1. The van der Waals surface area contributed by atoms with Crippen molar-refractivity contribution in [3.05, 3.63) is 59.1 Å². The highest BCUT2D eigenvalue weighted by Crippen LogP contribution is 2.18. The van der Waals surface area contributed by atoms with Crippen molar-refractivity contribution in [2.45, 2.75) is 0 Å². The van der Waals surface area contributed by atoms with Crippen LogP contribution in [0.1, 0.15) is 10.4 Å². The van der Waals surface area contributed by atoms with E-state index in [-0.39, 0.29) is 5.56 Å². The molecule has 0 heterocycles. The average molecular weight is 292 g/mol. The van der Waals surface area contributed by atoms with Crippen molar-refractivity contribution in [2.75, 3.05) is 18.5 Å². The Hall–Kier alpha value is -2.20. The second-order valence-corrected chi connectivity index (χ2v) is 4.52. The maximum absolute atomic E-state index is 11.0. The molecular formula is C15H14ClNO3. The molecular weight excluding hydrogens is 278 g/mol. The molecule has 5 heteroatoms. The van der Waals surface area contributed by atoms with E-state index in [1.165, 1.54) is 6.07 Å². The van der Waals surface area contributed by atoms with E-state index in [0.29, 0.717) is 23.9 Å². The number of rotatable bonds is 6. The lowest BCUT2D eigenvalue weighted by Crippen LogP contribution is -2.13. The molecule has 0 aliphatic carbocycles. The third-order valence-electron chi connectivity index (χ3n) is 2.65. The van der Waals surface area contributed by atoms with Crippen molar-refractivity contribution in [3.63, 3.8) is 0 Å². The van der Waals surface area contributed by atoms with Gasteiger partial charge in [-0.1, -0.05) is 23.7 Å². The molecule has 0 fully saturated rings. The lowest BCUT2D eigenvalue weighted by molar-refractivity contribution is 0.0692. The molecule has 0 aromatic heterocycles. The molecule has 2 rings (SSSR count). The quantitative estimate of drug-likeness (QED) is 0.799. The van der Waals surface area contributed by atoms with Gasteiger partial charge in [-0.3, -0.25) is 0 Å². The Bertz CT molecular complexity index is 584. The second kappa shape index (κ2) is 6.82. The second-order valence-electron chi connectivity index (χ2n) is 4.08. The predicted molar refractivity (Wildman–Crippen MR) is 78.8 cm³/mol. The summed E-state index contributed by atoms with van der Waals surface area (Å²) in [5, 5.41) is 12.9. The first-order valence-corrected chi connectivity index (χ1v) is 6.49. The number of benzene rings is 2. The molecule has 0 aliphatic rings. The molecule has 0 bridgehead atoms. The SMILES string of the molecule is O=C(O)c1ccccc1OCCNc1ccc(Cl)cc1. The summed E-state index contributed by atoms with van der Waals surface area (Å²) in [5.74, 6) is -0.621. The Morgan fingerprint density at radius 3 is 2.55 bits per heavy atom. The molecule has 0 saturated heterocycles. The largest absolute Gasteiger partial charge is 0.491 e. The number of aromatic carboxylic acids is 1. The molecule has 0 amide bonds. The summed E-state index contributed by atoms with van der Waals surface area (Å²) < 4.78 is 5.47. The molecule has 0 atom stereocenters. The first-order valence-electron chi connectivity index (χ1n) is 6.11. The highest BCUT2D eigenvalue weighted by molar-refractivity contribution is 6.30. The van der Waals surface area contributed by atoms with Gasteiger partial charge in [0.2, 0.25) is 0 Å². The number of carbonyl (C=O) groups is 1. The molecule has 0 saturated carbocycles. The number of para-hydroxylation sites is 1. The van der Waals surface area contributed by atoms with Crippen LogP contribution in [0, 0.1) is 0 Å². The molecule has 0 radical (unpaired) electrons. The summed E-state index contributed by atoms with van der Waals surface area (Å²) in [6, 6.07) is 13.9. The number of nitrogens with one attached hydrogen (secondary N) is 1. The standard InChI is InChI=1S/C15H14ClNO3/c16-11-5-7-12(8-6-11)17-9-10-20-14-4-2-1-3-13(14)15(18)19/h1-8,17H,9-10H2,(H,18,19). The molecule has 20 heavy (non-hydrogen) atoms. The highest BCUT2D eigenvalue weighted by atomic mass is 35.5. The Morgan fingerprint density at radius 2 is 1.85 bits per heavy atom. The van der Waals surface area contributed by atoms with Crippen molar-refractivity contribution in [1.82, 2.24) is 0 Å². The van der Waals surface area contributed by atoms with Crippen LogP contribution in [0.3, 0.4) is 0 Å². The Morgan fingerprint density at radius 1 is 1.15 bits per heavy atom. The van der Waals surface area contributed by atoms with Crippen LogP contribution in [0.4, 0.5) is 5.69 Å². The van der Waals surface area contributed by atoms with Crippen LogP contribution >= 0.6 is 11.6 Å². The van der Waals surface area contributed by atoms with Crippen LogP contribution < -0.4 is 10.1 Å². The van der Waals surface area contributed by atoms with Crippen LogP contribution in [-0.2, 0) is 0 Å². The summed E-state index contributed by atoms with van der Waals surface area (Å²) >= 11 is 5.79. The van der Waals surface area contributed by atoms with Gasteiger partial charge >= 0.3 is 5.97 Å². The van der Waals surface area contributed by atoms with Gasteiger partial charge in [0.25, 0.3) is 0 Å². The molecule has 4 nitrogen and oxygen atoms in total. The summed E-state index contributed by atoms with van der Waals surface area (Å²) in [4.78, 5) is 11.0. The molecule has 0 unspecified atom stereocenters. The first kappa shape index (κ1) is 14.2. The number of hydrogen-bond donors (Lipinski definition) is 2. The van der Waals surface area contributed by atoms with Crippen LogP contribution in [0.5, 0.6) is 5.75 Å². The molecule has 0 aliphatic heterocycles. The van der Waals surface area contributed by atoms with Gasteiger partial charge in [-0.2, -0.15) is 0 Å². The maximum atomic E-state index is 11.0. The normalized spacial score (nSPS) is 10.1. The molecule has 2 aromatic carbocycles. The topological polar surface area (TPSA) is 58.6 Å². The smallest absolute Gasteiger partial charge is 0.339 e. The third-order valence-corrected chi connectivity index (χ3v) is 2.90. The zero-order valence-electron chi connectivity index (χ0n) is 10.7. The molecule has 2 N–H and O–H groups in total. The van der Waals surface area contributed by atoms with E-state index < -0.39 is 5.97 Å². The monoisotopic (exact) mass is 291 g/mol. The number of anilines is 1. The Kier molecular flexibility index (Phi) is 4.85. The minimum atomic E-state index is -0.994. The number of carboxylic acids is 1. The Balaban J connectivity index is 1.84. The molecule has 2 aromatic rings. The van der Waals surface area contributed by atoms with Crippen molar-refractivity contribution in [3.8, 4) is 5.75 Å². The van der Waals surface area contributed by atoms with Gasteiger partial charge in [0.1, 0.15) is 17.9 Å². The van der Waals surface area contributed by atoms with Gasteiger partial charge in [-0.15, -0.1) is 0 Å². The number of carboxylic acid groups (broad SMARTS) is 1. The van der Waals surface area contributed by atoms with Gasteiger partial charge in [-0.05, 0) is 36.4 Å². The van der Waals surface area contributed by atoms with Crippen LogP contribution in [0.25, 0.3) is 0 Å².